The smallest absolute Gasteiger partial charge is 0.103 e. The van der Waals surface area contributed by atoms with E-state index in [0.29, 0.717) is 0 Å². The average Bonchev–Trinajstić information content (AvgIpc) is 2.98. The first-order chi connectivity index (χ1) is 8.38. The molecule has 1 fully saturated rings. The molecule has 0 amide bonds. The van der Waals surface area contributed by atoms with E-state index >= 15 is 0 Å². The van der Waals surface area contributed by atoms with E-state index in [1.807, 2.05) is 23.1 Å². The molecule has 1 aromatic rings. The standard InChI is InChI=1S/C13H22N2S2/c1-2-7-16-10-13-15-9-12(17-13)8-14-11-5-3-4-6-11/h9,11,14H,2-8,10H2,1H3. The van der Waals surface area contributed by atoms with E-state index in [4.69, 9.17) is 0 Å². The van der Waals surface area contributed by atoms with Gasteiger partial charge >= 0.3 is 0 Å². The Morgan fingerprint density at radius 2 is 2.29 bits per heavy atom. The van der Waals surface area contributed by atoms with Crippen molar-refractivity contribution in [2.75, 3.05) is 5.75 Å². The first-order valence-electron chi connectivity index (χ1n) is 6.63. The fourth-order valence-corrected chi connectivity index (χ4v) is 4.01. The van der Waals surface area contributed by atoms with Crippen LogP contribution in [-0.2, 0) is 12.3 Å². The molecule has 1 aromatic heterocycles. The molecular weight excluding hydrogens is 248 g/mol. The van der Waals surface area contributed by atoms with Crippen LogP contribution >= 0.6 is 23.1 Å². The maximum absolute atomic E-state index is 4.49. The molecule has 2 rings (SSSR count). The van der Waals surface area contributed by atoms with Crippen LogP contribution in [0.1, 0.15) is 48.9 Å². The van der Waals surface area contributed by atoms with Crippen molar-refractivity contribution < 1.29 is 0 Å². The van der Waals surface area contributed by atoms with Gasteiger partial charge in [-0.25, -0.2) is 4.98 Å². The van der Waals surface area contributed by atoms with Crippen LogP contribution in [0.2, 0.25) is 0 Å². The van der Waals surface area contributed by atoms with Crippen molar-refractivity contribution in [2.45, 2.75) is 57.4 Å². The number of nitrogens with one attached hydrogen (secondary N) is 1. The molecule has 0 aliphatic heterocycles. The Morgan fingerprint density at radius 3 is 3.06 bits per heavy atom. The van der Waals surface area contributed by atoms with Crippen molar-refractivity contribution >= 4 is 23.1 Å². The molecule has 1 saturated carbocycles. The quantitative estimate of drug-likeness (QED) is 0.763. The van der Waals surface area contributed by atoms with Crippen molar-refractivity contribution in [3.8, 4) is 0 Å². The highest BCUT2D eigenvalue weighted by atomic mass is 32.2. The van der Waals surface area contributed by atoms with E-state index < -0.39 is 0 Å². The highest BCUT2D eigenvalue weighted by Gasteiger charge is 2.14. The summed E-state index contributed by atoms with van der Waals surface area (Å²) < 4.78 is 0. The van der Waals surface area contributed by atoms with Crippen LogP contribution in [0.25, 0.3) is 0 Å². The summed E-state index contributed by atoms with van der Waals surface area (Å²) in [4.78, 5) is 5.88. The van der Waals surface area contributed by atoms with Crippen LogP contribution in [-0.4, -0.2) is 16.8 Å². The number of thioether (sulfide) groups is 1. The molecule has 17 heavy (non-hydrogen) atoms. The summed E-state index contributed by atoms with van der Waals surface area (Å²) in [6.07, 6.45) is 8.83. The molecule has 0 atom stereocenters. The maximum Gasteiger partial charge on any atom is 0.103 e. The van der Waals surface area contributed by atoms with Gasteiger partial charge in [-0.15, -0.1) is 11.3 Å². The van der Waals surface area contributed by atoms with Gasteiger partial charge in [0, 0.05) is 29.4 Å². The van der Waals surface area contributed by atoms with Crippen molar-refractivity contribution in [1.29, 1.82) is 0 Å². The third-order valence-corrected chi connectivity index (χ3v) is 5.45. The summed E-state index contributed by atoms with van der Waals surface area (Å²) >= 11 is 3.86. The minimum absolute atomic E-state index is 0.759. The fourth-order valence-electron chi connectivity index (χ4n) is 2.18. The zero-order valence-corrected chi connectivity index (χ0v) is 12.2. The highest BCUT2D eigenvalue weighted by Crippen LogP contribution is 2.21. The lowest BCUT2D eigenvalue weighted by atomic mass is 10.2. The van der Waals surface area contributed by atoms with Crippen molar-refractivity contribution in [2.24, 2.45) is 0 Å². The van der Waals surface area contributed by atoms with Gasteiger partial charge in [-0.2, -0.15) is 11.8 Å². The van der Waals surface area contributed by atoms with Gasteiger partial charge in [0.05, 0.1) is 0 Å². The fraction of sp³-hybridized carbons (Fsp3) is 0.769. The van der Waals surface area contributed by atoms with Crippen LogP contribution in [0.5, 0.6) is 0 Å². The van der Waals surface area contributed by atoms with Crippen LogP contribution in [0.3, 0.4) is 0 Å². The third kappa shape index (κ3) is 4.60. The number of thiazole rings is 1. The Kier molecular flexibility index (Phi) is 5.81. The van der Waals surface area contributed by atoms with Crippen LogP contribution in [0, 0.1) is 0 Å². The first-order valence-corrected chi connectivity index (χ1v) is 8.60. The molecule has 1 aliphatic rings. The zero-order chi connectivity index (χ0) is 11.9. The molecule has 96 valence electrons. The normalized spacial score (nSPS) is 16.8. The Hall–Kier alpha value is -0.0600. The summed E-state index contributed by atoms with van der Waals surface area (Å²) in [5.74, 6) is 2.33. The molecule has 0 spiro atoms. The van der Waals surface area contributed by atoms with Gasteiger partial charge in [0.15, 0.2) is 0 Å². The van der Waals surface area contributed by atoms with E-state index in [9.17, 15) is 0 Å². The molecule has 1 aliphatic carbocycles. The summed E-state index contributed by atoms with van der Waals surface area (Å²) in [5, 5.41) is 4.93. The van der Waals surface area contributed by atoms with E-state index in [2.05, 4.69) is 23.4 Å². The Morgan fingerprint density at radius 1 is 1.47 bits per heavy atom. The molecular formula is C13H22N2S2. The first kappa shape index (κ1) is 13.4. The monoisotopic (exact) mass is 270 g/mol. The topological polar surface area (TPSA) is 24.9 Å². The number of hydrogen-bond acceptors (Lipinski definition) is 4. The van der Waals surface area contributed by atoms with Gasteiger partial charge < -0.3 is 5.32 Å². The lowest BCUT2D eigenvalue weighted by Crippen LogP contribution is -2.24. The Balaban J connectivity index is 1.69. The second-order valence-electron chi connectivity index (χ2n) is 4.64. The summed E-state index contributed by atoms with van der Waals surface area (Å²) in [6, 6.07) is 0.759. The predicted octanol–water partition coefficient (Wildman–Crippen LogP) is 3.82. The molecule has 0 aromatic carbocycles. The minimum Gasteiger partial charge on any atom is -0.309 e. The molecule has 0 unspecified atom stereocenters. The largest absolute Gasteiger partial charge is 0.309 e. The lowest BCUT2D eigenvalue weighted by molar-refractivity contribution is 0.527. The Bertz CT molecular complexity index is 319. The molecule has 1 heterocycles. The van der Waals surface area contributed by atoms with Crippen molar-refractivity contribution in [3.63, 3.8) is 0 Å². The molecule has 0 radical (unpaired) electrons. The molecule has 4 heteroatoms. The van der Waals surface area contributed by atoms with Gasteiger partial charge in [-0.3, -0.25) is 0 Å². The van der Waals surface area contributed by atoms with E-state index in [0.717, 1.165) is 18.3 Å². The van der Waals surface area contributed by atoms with Gasteiger partial charge in [-0.1, -0.05) is 19.8 Å². The van der Waals surface area contributed by atoms with Crippen molar-refractivity contribution in [3.05, 3.63) is 16.1 Å². The summed E-state index contributed by atoms with van der Waals surface area (Å²) in [6.45, 7) is 3.24. The zero-order valence-electron chi connectivity index (χ0n) is 10.6. The van der Waals surface area contributed by atoms with Crippen LogP contribution < -0.4 is 5.32 Å². The van der Waals surface area contributed by atoms with E-state index in [1.54, 1.807) is 0 Å². The lowest BCUT2D eigenvalue weighted by Gasteiger charge is -2.09. The summed E-state index contributed by atoms with van der Waals surface area (Å²) in [7, 11) is 0. The van der Waals surface area contributed by atoms with Crippen LogP contribution in [0.15, 0.2) is 6.20 Å². The summed E-state index contributed by atoms with van der Waals surface area (Å²) in [5.41, 5.74) is 0. The maximum atomic E-state index is 4.49. The second kappa shape index (κ2) is 7.39. The number of hydrogen-bond donors (Lipinski definition) is 1. The minimum atomic E-state index is 0.759. The van der Waals surface area contributed by atoms with E-state index in [1.165, 1.54) is 47.7 Å². The molecule has 2 nitrogen and oxygen atoms in total. The van der Waals surface area contributed by atoms with Gasteiger partial charge in [0.25, 0.3) is 0 Å². The third-order valence-electron chi connectivity index (χ3n) is 3.10. The van der Waals surface area contributed by atoms with Gasteiger partial charge in [-0.05, 0) is 25.0 Å². The number of aromatic nitrogens is 1. The van der Waals surface area contributed by atoms with Crippen LogP contribution in [0.4, 0.5) is 0 Å². The van der Waals surface area contributed by atoms with Gasteiger partial charge in [0.2, 0.25) is 0 Å². The van der Waals surface area contributed by atoms with Gasteiger partial charge in [0.1, 0.15) is 5.01 Å². The predicted molar refractivity (Wildman–Crippen MR) is 77.7 cm³/mol. The average molecular weight is 270 g/mol. The van der Waals surface area contributed by atoms with E-state index in [-0.39, 0.29) is 0 Å². The molecule has 0 saturated heterocycles. The number of rotatable bonds is 7. The SMILES string of the molecule is CCCSCc1ncc(CNC2CCCC2)s1. The Labute approximate surface area is 113 Å². The molecule has 0 bridgehead atoms. The van der Waals surface area contributed by atoms with Crippen molar-refractivity contribution in [1.82, 2.24) is 10.3 Å². The number of nitrogens with zero attached hydrogens (tertiary/aromatic N) is 1. The highest BCUT2D eigenvalue weighted by molar-refractivity contribution is 7.98. The molecule has 1 N–H and O–H groups in total. The second-order valence-corrected chi connectivity index (χ2v) is 6.94.